The molecule has 3 heteroatoms. The Bertz CT molecular complexity index is 23.6. The Morgan fingerprint density at radius 1 is 2.00 bits per heavy atom. The Morgan fingerprint density at radius 2 is 2.20 bits per heavy atom. The van der Waals surface area contributed by atoms with Crippen LogP contribution in [0.3, 0.4) is 0 Å². The summed E-state index contributed by atoms with van der Waals surface area (Å²) >= 11 is 3.89. The van der Waals surface area contributed by atoms with E-state index in [0.717, 1.165) is 5.75 Å². The van der Waals surface area contributed by atoms with Crippen molar-refractivity contribution < 1.29 is 0 Å². The van der Waals surface area contributed by atoms with Crippen LogP contribution in [0.25, 0.3) is 0 Å². The summed E-state index contributed by atoms with van der Waals surface area (Å²) in [7, 11) is 1.92. The van der Waals surface area contributed by atoms with Crippen molar-refractivity contribution in [2.45, 2.75) is 5.94 Å². The summed E-state index contributed by atoms with van der Waals surface area (Å²) in [5.74, 6) is 1.03. The van der Waals surface area contributed by atoms with Gasteiger partial charge in [0, 0.05) is 0 Å². The molecule has 0 radical (unpaired) electrons. The van der Waals surface area contributed by atoms with Crippen LogP contribution < -0.4 is 5.73 Å². The van der Waals surface area contributed by atoms with Gasteiger partial charge in [-0.3, -0.25) is 0 Å². The summed E-state index contributed by atoms with van der Waals surface area (Å²) < 4.78 is 0. The van der Waals surface area contributed by atoms with Gasteiger partial charge < -0.3 is 5.73 Å². The van der Waals surface area contributed by atoms with Crippen molar-refractivity contribution in [3.05, 3.63) is 0 Å². The van der Waals surface area contributed by atoms with Gasteiger partial charge in [0.15, 0.2) is 0 Å². The molecule has 0 aliphatic heterocycles. The first kappa shape index (κ1) is 5.37. The van der Waals surface area contributed by atoms with Crippen LogP contribution in [0.4, 0.5) is 0 Å². The van der Waals surface area contributed by atoms with E-state index in [1.54, 1.807) is 0 Å². The molecule has 0 fully saturated rings. The van der Waals surface area contributed by atoms with Crippen molar-refractivity contribution in [3.8, 4) is 0 Å². The van der Waals surface area contributed by atoms with Crippen LogP contribution in [0.15, 0.2) is 0 Å². The van der Waals surface area contributed by atoms with Crippen molar-refractivity contribution in [1.29, 1.82) is 0 Å². The standard InChI is InChI=1S/C2H8BNS/c3-2(4)1-5/h2,5H,1,3-4H2. The van der Waals surface area contributed by atoms with Crippen LogP contribution in [0.2, 0.25) is 0 Å². The van der Waals surface area contributed by atoms with E-state index in [1.165, 1.54) is 0 Å². The Balaban J connectivity index is 2.54. The van der Waals surface area contributed by atoms with Gasteiger partial charge in [-0.15, -0.1) is 0 Å². The van der Waals surface area contributed by atoms with Gasteiger partial charge in [0.1, 0.15) is 7.85 Å². The first-order valence-electron chi connectivity index (χ1n) is 1.64. The second-order valence-electron chi connectivity index (χ2n) is 1.16. The highest BCUT2D eigenvalue weighted by Gasteiger charge is 1.81. The third kappa shape index (κ3) is 4.37. The Hall–Kier alpha value is 0.375. The summed E-state index contributed by atoms with van der Waals surface area (Å²) in [6.07, 6.45) is 0. The minimum atomic E-state index is 0.248. The topological polar surface area (TPSA) is 26.0 Å². The van der Waals surface area contributed by atoms with Gasteiger partial charge in [-0.25, -0.2) is 0 Å². The molecule has 30 valence electrons. The van der Waals surface area contributed by atoms with Gasteiger partial charge in [-0.2, -0.15) is 12.6 Å². The maximum Gasteiger partial charge on any atom is 0.124 e. The molecule has 0 saturated heterocycles. The van der Waals surface area contributed by atoms with E-state index < -0.39 is 0 Å². The lowest BCUT2D eigenvalue weighted by Crippen LogP contribution is -2.20. The van der Waals surface area contributed by atoms with Gasteiger partial charge in [-0.1, -0.05) is 0 Å². The summed E-state index contributed by atoms with van der Waals surface area (Å²) in [5.41, 5.74) is 5.22. The molecule has 1 unspecified atom stereocenters. The zero-order chi connectivity index (χ0) is 4.28. The predicted molar refractivity (Wildman–Crippen MR) is 30.4 cm³/mol. The smallest absolute Gasteiger partial charge is 0.124 e. The molecule has 0 bridgehead atoms. The van der Waals surface area contributed by atoms with E-state index in [9.17, 15) is 0 Å². The maximum atomic E-state index is 5.22. The van der Waals surface area contributed by atoms with E-state index >= 15 is 0 Å². The monoisotopic (exact) mass is 89.0 g/mol. The molecule has 0 rings (SSSR count). The lowest BCUT2D eigenvalue weighted by Gasteiger charge is -1.90. The van der Waals surface area contributed by atoms with Gasteiger partial charge in [0.25, 0.3) is 0 Å². The van der Waals surface area contributed by atoms with Crippen LogP contribution >= 0.6 is 12.6 Å². The Morgan fingerprint density at radius 3 is 2.20 bits per heavy atom. The maximum absolute atomic E-state index is 5.22. The molecule has 5 heavy (non-hydrogen) atoms. The fourth-order valence-electron chi connectivity index (χ4n) is 0. The average Bonchev–Trinajstić information content (AvgIpc) is 1.38. The summed E-state index contributed by atoms with van der Waals surface area (Å²) in [5, 5.41) is 0. The van der Waals surface area contributed by atoms with Gasteiger partial charge in [0.05, 0.1) is 0 Å². The molecule has 0 aliphatic carbocycles. The SMILES string of the molecule is BC(N)CS. The zero-order valence-electron chi connectivity index (χ0n) is 3.31. The number of rotatable bonds is 1. The second kappa shape index (κ2) is 2.60. The van der Waals surface area contributed by atoms with E-state index in [-0.39, 0.29) is 5.94 Å². The van der Waals surface area contributed by atoms with Gasteiger partial charge in [0.2, 0.25) is 0 Å². The first-order chi connectivity index (χ1) is 2.27. The first-order valence-corrected chi connectivity index (χ1v) is 2.27. The van der Waals surface area contributed by atoms with Crippen molar-refractivity contribution >= 4 is 20.5 Å². The second-order valence-corrected chi connectivity index (χ2v) is 1.53. The fraction of sp³-hybridized carbons (Fsp3) is 1.00. The number of thiol groups is 1. The summed E-state index contributed by atoms with van der Waals surface area (Å²) in [6, 6.07) is 0. The van der Waals surface area contributed by atoms with Crippen molar-refractivity contribution in [3.63, 3.8) is 0 Å². The van der Waals surface area contributed by atoms with E-state index in [4.69, 9.17) is 5.73 Å². The quantitative estimate of drug-likeness (QED) is 0.307. The molecule has 0 saturated carbocycles. The van der Waals surface area contributed by atoms with E-state index in [2.05, 4.69) is 12.6 Å². The number of hydrogen-bond donors (Lipinski definition) is 2. The molecule has 0 aromatic rings. The van der Waals surface area contributed by atoms with Crippen LogP contribution in [-0.2, 0) is 0 Å². The molecular weight excluding hydrogens is 80.9 g/mol. The Kier molecular flexibility index (Phi) is 2.80. The lowest BCUT2D eigenvalue weighted by molar-refractivity contribution is 1.05. The fourth-order valence-corrected chi connectivity index (χ4v) is 0. The third-order valence-corrected chi connectivity index (χ3v) is 0.864. The number of hydrogen-bond acceptors (Lipinski definition) is 2. The summed E-state index contributed by atoms with van der Waals surface area (Å²) in [4.78, 5) is 0. The normalized spacial score (nSPS) is 14.8. The molecule has 1 nitrogen and oxygen atoms in total. The van der Waals surface area contributed by atoms with E-state index in [0.29, 0.717) is 0 Å². The third-order valence-electron chi connectivity index (χ3n) is 0.288. The summed E-state index contributed by atoms with van der Waals surface area (Å²) in [6.45, 7) is 0. The molecule has 0 aliphatic rings. The van der Waals surface area contributed by atoms with Crippen LogP contribution in [0.1, 0.15) is 0 Å². The minimum Gasteiger partial charge on any atom is -0.335 e. The van der Waals surface area contributed by atoms with Gasteiger partial charge >= 0.3 is 0 Å². The lowest BCUT2D eigenvalue weighted by atomic mass is 10.0. The highest BCUT2D eigenvalue weighted by molar-refractivity contribution is 7.80. The molecule has 2 N–H and O–H groups in total. The molecule has 0 aromatic carbocycles. The highest BCUT2D eigenvalue weighted by atomic mass is 32.1. The van der Waals surface area contributed by atoms with Crippen LogP contribution in [0, 0.1) is 0 Å². The molecule has 1 atom stereocenters. The van der Waals surface area contributed by atoms with Gasteiger partial charge in [-0.05, 0) is 11.7 Å². The van der Waals surface area contributed by atoms with E-state index in [1.807, 2.05) is 7.85 Å². The Labute approximate surface area is 38.8 Å². The van der Waals surface area contributed by atoms with Crippen molar-refractivity contribution in [2.75, 3.05) is 5.75 Å². The zero-order valence-corrected chi connectivity index (χ0v) is 4.20. The number of nitrogens with two attached hydrogens (primary N) is 1. The largest absolute Gasteiger partial charge is 0.335 e. The highest BCUT2D eigenvalue weighted by Crippen LogP contribution is 1.70. The molecule has 0 spiro atoms. The molecule has 0 amide bonds. The predicted octanol–water partition coefficient (Wildman–Crippen LogP) is -1.17. The molecule has 0 heterocycles. The molecule has 0 aromatic heterocycles. The van der Waals surface area contributed by atoms with Crippen molar-refractivity contribution in [1.82, 2.24) is 0 Å². The molecular formula is C2H8BNS. The van der Waals surface area contributed by atoms with Crippen molar-refractivity contribution in [2.24, 2.45) is 5.73 Å². The average molecular weight is 89.0 g/mol. The van der Waals surface area contributed by atoms with Crippen LogP contribution in [-0.4, -0.2) is 19.5 Å². The minimum absolute atomic E-state index is 0.248. The van der Waals surface area contributed by atoms with Crippen LogP contribution in [0.5, 0.6) is 0 Å².